The molecule has 1 heterocycles. The summed E-state index contributed by atoms with van der Waals surface area (Å²) in [6.07, 6.45) is 8.37. The van der Waals surface area contributed by atoms with E-state index in [4.69, 9.17) is 10.00 Å². The molecule has 5 heteroatoms. The van der Waals surface area contributed by atoms with E-state index < -0.39 is 10.0 Å². The fourth-order valence-corrected chi connectivity index (χ4v) is 1.61. The summed E-state index contributed by atoms with van der Waals surface area (Å²) in [4.78, 5) is 0. The van der Waals surface area contributed by atoms with Gasteiger partial charge in [0.2, 0.25) is 0 Å². The molecule has 0 radical (unpaired) electrons. The first-order valence-corrected chi connectivity index (χ1v) is 7.71. The van der Waals surface area contributed by atoms with Crippen molar-refractivity contribution in [3.05, 3.63) is 18.0 Å². The summed E-state index contributed by atoms with van der Waals surface area (Å²) in [7, 11) is -0.501. The SMILES string of the molecule is CS(C)(C)CCOCn1nccc1C#N. The minimum absolute atomic E-state index is 0.366. The van der Waals surface area contributed by atoms with Gasteiger partial charge in [-0.2, -0.15) is 10.4 Å². The van der Waals surface area contributed by atoms with Crippen LogP contribution in [-0.4, -0.2) is 40.9 Å². The fraction of sp³-hybridized carbons (Fsp3) is 0.600. The highest BCUT2D eigenvalue weighted by atomic mass is 32.3. The van der Waals surface area contributed by atoms with Crippen LogP contribution < -0.4 is 0 Å². The molecule has 1 rings (SSSR count). The van der Waals surface area contributed by atoms with E-state index in [2.05, 4.69) is 29.9 Å². The number of nitrogens with zero attached hydrogens (tertiary/aromatic N) is 3. The van der Waals surface area contributed by atoms with Gasteiger partial charge in [0.25, 0.3) is 0 Å². The number of hydrogen-bond acceptors (Lipinski definition) is 3. The van der Waals surface area contributed by atoms with Crippen molar-refractivity contribution in [2.24, 2.45) is 0 Å². The Morgan fingerprint density at radius 2 is 2.27 bits per heavy atom. The average Bonchev–Trinajstić information content (AvgIpc) is 2.58. The first-order valence-electron chi connectivity index (χ1n) is 4.68. The lowest BCUT2D eigenvalue weighted by Gasteiger charge is -2.24. The molecule has 0 aliphatic carbocycles. The minimum atomic E-state index is -0.501. The van der Waals surface area contributed by atoms with Crippen molar-refractivity contribution < 1.29 is 4.74 Å². The smallest absolute Gasteiger partial charge is 0.141 e. The molecule has 0 unspecified atom stereocenters. The van der Waals surface area contributed by atoms with Gasteiger partial charge in [-0.15, -0.1) is 0 Å². The maximum absolute atomic E-state index is 8.73. The third-order valence-electron chi connectivity index (χ3n) is 1.88. The predicted molar refractivity (Wildman–Crippen MR) is 63.1 cm³/mol. The van der Waals surface area contributed by atoms with Crippen LogP contribution in [0.2, 0.25) is 0 Å². The molecular weight excluding hydrogens is 210 g/mol. The van der Waals surface area contributed by atoms with Crippen molar-refractivity contribution in [3.8, 4) is 6.07 Å². The zero-order valence-corrected chi connectivity index (χ0v) is 10.3. The van der Waals surface area contributed by atoms with E-state index in [-0.39, 0.29) is 0 Å². The molecule has 1 aromatic heterocycles. The predicted octanol–water partition coefficient (Wildman–Crippen LogP) is 1.42. The summed E-state index contributed by atoms with van der Waals surface area (Å²) in [5, 5.41) is 12.7. The molecule has 0 spiro atoms. The van der Waals surface area contributed by atoms with Gasteiger partial charge in [-0.25, -0.2) is 14.7 Å². The second-order valence-electron chi connectivity index (χ2n) is 4.16. The van der Waals surface area contributed by atoms with Crippen molar-refractivity contribution >= 4 is 10.0 Å². The monoisotopic (exact) mass is 227 g/mol. The number of rotatable bonds is 5. The lowest BCUT2D eigenvalue weighted by molar-refractivity contribution is 0.0803. The van der Waals surface area contributed by atoms with Gasteiger partial charge < -0.3 is 4.74 Å². The van der Waals surface area contributed by atoms with Gasteiger partial charge in [0.1, 0.15) is 18.5 Å². The number of ether oxygens (including phenoxy) is 1. The van der Waals surface area contributed by atoms with Crippen LogP contribution in [0.3, 0.4) is 0 Å². The summed E-state index contributed by atoms with van der Waals surface area (Å²) in [6.45, 7) is 1.09. The number of hydrogen-bond donors (Lipinski definition) is 0. The summed E-state index contributed by atoms with van der Waals surface area (Å²) in [5.74, 6) is 1.08. The molecule has 84 valence electrons. The Morgan fingerprint density at radius 1 is 1.53 bits per heavy atom. The van der Waals surface area contributed by atoms with Crippen LogP contribution in [0.25, 0.3) is 0 Å². The van der Waals surface area contributed by atoms with E-state index in [0.717, 1.165) is 12.4 Å². The van der Waals surface area contributed by atoms with Gasteiger partial charge in [0.15, 0.2) is 0 Å². The van der Waals surface area contributed by atoms with Crippen LogP contribution in [0.5, 0.6) is 0 Å². The molecular formula is C10H17N3OS. The van der Waals surface area contributed by atoms with Gasteiger partial charge >= 0.3 is 0 Å². The summed E-state index contributed by atoms with van der Waals surface area (Å²) in [5.41, 5.74) is 0.540. The van der Waals surface area contributed by atoms with Crippen LogP contribution in [0.4, 0.5) is 0 Å². The van der Waals surface area contributed by atoms with Crippen molar-refractivity contribution in [1.29, 1.82) is 5.26 Å². The van der Waals surface area contributed by atoms with Crippen molar-refractivity contribution in [2.75, 3.05) is 31.1 Å². The lowest BCUT2D eigenvalue weighted by Crippen LogP contribution is -2.11. The third-order valence-corrected chi connectivity index (χ3v) is 3.28. The Hall–Kier alpha value is -0.990. The van der Waals surface area contributed by atoms with E-state index in [0.29, 0.717) is 12.4 Å². The van der Waals surface area contributed by atoms with Gasteiger partial charge in [-0.05, 0) is 24.8 Å². The first-order chi connectivity index (χ1) is 7.03. The third kappa shape index (κ3) is 4.36. The largest absolute Gasteiger partial charge is 0.358 e. The minimum Gasteiger partial charge on any atom is -0.358 e. The topological polar surface area (TPSA) is 50.8 Å². The molecule has 0 aliphatic heterocycles. The molecule has 0 N–H and O–H groups in total. The molecule has 0 saturated heterocycles. The highest BCUT2D eigenvalue weighted by molar-refractivity contribution is 8.32. The molecule has 0 atom stereocenters. The van der Waals surface area contributed by atoms with Crippen molar-refractivity contribution in [1.82, 2.24) is 9.78 Å². The molecule has 1 aromatic rings. The Kier molecular flexibility index (Phi) is 4.18. The van der Waals surface area contributed by atoms with E-state index in [1.165, 1.54) is 0 Å². The molecule has 15 heavy (non-hydrogen) atoms. The van der Waals surface area contributed by atoms with Crippen LogP contribution in [0.15, 0.2) is 12.3 Å². The molecule has 0 bridgehead atoms. The van der Waals surface area contributed by atoms with Crippen molar-refractivity contribution in [2.45, 2.75) is 6.73 Å². The van der Waals surface area contributed by atoms with Crippen LogP contribution in [0.1, 0.15) is 5.69 Å². The molecule has 0 aromatic carbocycles. The first kappa shape index (κ1) is 12.1. The van der Waals surface area contributed by atoms with Gasteiger partial charge in [0.05, 0.1) is 12.8 Å². The Labute approximate surface area is 92.2 Å². The zero-order valence-electron chi connectivity index (χ0n) is 9.43. The fourth-order valence-electron chi connectivity index (χ4n) is 0.990. The summed E-state index contributed by atoms with van der Waals surface area (Å²) in [6, 6.07) is 3.74. The van der Waals surface area contributed by atoms with E-state index in [1.807, 2.05) is 0 Å². The highest BCUT2D eigenvalue weighted by Gasteiger charge is 2.04. The van der Waals surface area contributed by atoms with Gasteiger partial charge in [-0.3, -0.25) is 0 Å². The standard InChI is InChI=1S/C10H17N3OS/c1-15(2,3)7-6-14-9-13-10(8-11)4-5-12-13/h4-5H,6-7,9H2,1-3H3. The summed E-state index contributed by atoms with van der Waals surface area (Å²) < 4.78 is 7.03. The highest BCUT2D eigenvalue weighted by Crippen LogP contribution is 2.33. The molecule has 4 nitrogen and oxygen atoms in total. The van der Waals surface area contributed by atoms with E-state index in [9.17, 15) is 0 Å². The van der Waals surface area contributed by atoms with E-state index >= 15 is 0 Å². The molecule has 0 aliphatic rings. The summed E-state index contributed by atoms with van der Waals surface area (Å²) >= 11 is 0. The average molecular weight is 227 g/mol. The lowest BCUT2D eigenvalue weighted by atomic mass is 10.5. The maximum Gasteiger partial charge on any atom is 0.141 e. The second kappa shape index (κ2) is 5.19. The van der Waals surface area contributed by atoms with Crippen LogP contribution >= 0.6 is 10.0 Å². The molecule has 0 fully saturated rings. The number of nitriles is 1. The van der Waals surface area contributed by atoms with Crippen molar-refractivity contribution in [3.63, 3.8) is 0 Å². The van der Waals surface area contributed by atoms with Gasteiger partial charge in [-0.1, -0.05) is 0 Å². The Balaban J connectivity index is 2.30. The van der Waals surface area contributed by atoms with Crippen LogP contribution in [0, 0.1) is 11.3 Å². The normalized spacial score (nSPS) is 12.4. The number of aromatic nitrogens is 2. The van der Waals surface area contributed by atoms with Crippen LogP contribution in [-0.2, 0) is 11.5 Å². The van der Waals surface area contributed by atoms with E-state index in [1.54, 1.807) is 16.9 Å². The molecule has 0 amide bonds. The molecule has 0 saturated carbocycles. The zero-order chi connectivity index (χ0) is 11.3. The van der Waals surface area contributed by atoms with Gasteiger partial charge in [0, 0.05) is 5.75 Å². The maximum atomic E-state index is 8.73. The quantitative estimate of drug-likeness (QED) is 0.715. The second-order valence-corrected chi connectivity index (χ2v) is 8.75. The Morgan fingerprint density at radius 3 is 2.87 bits per heavy atom. The Bertz CT molecular complexity index is 348.